The van der Waals surface area contributed by atoms with Crippen LogP contribution in [0.2, 0.25) is 5.02 Å². The molecular weight excluding hydrogens is 495 g/mol. The Balaban J connectivity index is 1.68. The van der Waals surface area contributed by atoms with Crippen molar-refractivity contribution in [2.75, 3.05) is 12.4 Å². The summed E-state index contributed by atoms with van der Waals surface area (Å²) in [7, 11) is 1.43. The van der Waals surface area contributed by atoms with Gasteiger partial charge in [0, 0.05) is 23.0 Å². The van der Waals surface area contributed by atoms with Crippen LogP contribution in [-0.2, 0) is 4.79 Å². The number of nitrogens with zero attached hydrogens (tertiary/aromatic N) is 3. The first-order valence-corrected chi connectivity index (χ1v) is 11.7. The fourth-order valence-corrected chi connectivity index (χ4v) is 5.10. The van der Waals surface area contributed by atoms with Crippen LogP contribution in [0.5, 0.6) is 0 Å². The minimum Gasteiger partial charge on any atom is -0.352 e. The van der Waals surface area contributed by atoms with E-state index in [9.17, 15) is 18.8 Å². The first-order chi connectivity index (χ1) is 16.8. The summed E-state index contributed by atoms with van der Waals surface area (Å²) in [6.07, 6.45) is 0. The Hall–Kier alpha value is -3.83. The van der Waals surface area contributed by atoms with Gasteiger partial charge in [-0.2, -0.15) is 4.37 Å². The van der Waals surface area contributed by atoms with Crippen LogP contribution < -0.4 is 16.0 Å². The Morgan fingerprint density at radius 1 is 1.20 bits per heavy atom. The summed E-state index contributed by atoms with van der Waals surface area (Å²) in [5.41, 5.74) is 0.740. The van der Waals surface area contributed by atoms with Crippen molar-refractivity contribution >= 4 is 56.8 Å². The van der Waals surface area contributed by atoms with Crippen LogP contribution in [0.1, 0.15) is 51.4 Å². The SMILES string of the molecule is CNC(=O)c1nc(NC(=O)c2nsc3ccccc23)c2n1C(C)C(=O)NC2c1cc(F)ccc1Cl. The van der Waals surface area contributed by atoms with Crippen molar-refractivity contribution < 1.29 is 18.8 Å². The van der Waals surface area contributed by atoms with E-state index in [0.29, 0.717) is 5.39 Å². The van der Waals surface area contributed by atoms with E-state index in [1.807, 2.05) is 12.1 Å². The maximum Gasteiger partial charge on any atom is 0.287 e. The van der Waals surface area contributed by atoms with E-state index in [0.717, 1.165) is 4.70 Å². The normalized spacial score (nSPS) is 17.1. The Bertz CT molecular complexity index is 1520. The summed E-state index contributed by atoms with van der Waals surface area (Å²) in [5.74, 6) is -2.14. The monoisotopic (exact) mass is 512 g/mol. The van der Waals surface area contributed by atoms with Crippen molar-refractivity contribution in [3.05, 3.63) is 76.1 Å². The largest absolute Gasteiger partial charge is 0.352 e. The van der Waals surface area contributed by atoms with Gasteiger partial charge in [-0.1, -0.05) is 29.8 Å². The predicted molar refractivity (Wildman–Crippen MR) is 129 cm³/mol. The molecule has 2 atom stereocenters. The van der Waals surface area contributed by atoms with E-state index in [1.54, 1.807) is 19.1 Å². The molecule has 178 valence electrons. The van der Waals surface area contributed by atoms with Crippen LogP contribution in [0, 0.1) is 5.82 Å². The lowest BCUT2D eigenvalue weighted by molar-refractivity contribution is -0.125. The third kappa shape index (κ3) is 3.82. The summed E-state index contributed by atoms with van der Waals surface area (Å²) in [6.45, 7) is 1.59. The molecule has 0 saturated heterocycles. The van der Waals surface area contributed by atoms with Crippen molar-refractivity contribution in [2.45, 2.75) is 19.0 Å². The minimum atomic E-state index is -0.977. The smallest absolute Gasteiger partial charge is 0.287 e. The summed E-state index contributed by atoms with van der Waals surface area (Å²) in [6, 6.07) is 9.23. The summed E-state index contributed by atoms with van der Waals surface area (Å²) < 4.78 is 20.7. The molecule has 0 bridgehead atoms. The number of benzene rings is 2. The van der Waals surface area contributed by atoms with Crippen LogP contribution in [0.4, 0.5) is 10.2 Å². The van der Waals surface area contributed by atoms with Crippen LogP contribution in [0.3, 0.4) is 0 Å². The summed E-state index contributed by atoms with van der Waals surface area (Å²) in [4.78, 5) is 43.1. The maximum absolute atomic E-state index is 14.2. The number of carbonyl (C=O) groups excluding carboxylic acids is 3. The number of halogens is 2. The van der Waals surface area contributed by atoms with Gasteiger partial charge >= 0.3 is 0 Å². The lowest BCUT2D eigenvalue weighted by Crippen LogP contribution is -2.43. The molecule has 2 unspecified atom stereocenters. The number of nitrogens with one attached hydrogen (secondary N) is 3. The number of carbonyl (C=O) groups is 3. The lowest BCUT2D eigenvalue weighted by Gasteiger charge is -2.31. The van der Waals surface area contributed by atoms with Gasteiger partial charge in [0.2, 0.25) is 11.7 Å². The van der Waals surface area contributed by atoms with Crippen LogP contribution in [0.15, 0.2) is 42.5 Å². The van der Waals surface area contributed by atoms with Gasteiger partial charge in [-0.05, 0) is 42.7 Å². The number of fused-ring (bicyclic) bond motifs is 2. The number of amides is 3. The number of hydrogen-bond donors (Lipinski definition) is 3. The molecule has 0 spiro atoms. The highest BCUT2D eigenvalue weighted by Gasteiger charge is 2.39. The quantitative estimate of drug-likeness (QED) is 0.385. The average Bonchev–Trinajstić information content (AvgIpc) is 3.45. The molecule has 3 heterocycles. The third-order valence-corrected chi connectivity index (χ3v) is 6.97. The van der Waals surface area contributed by atoms with Crippen molar-refractivity contribution in [3.8, 4) is 0 Å². The lowest BCUT2D eigenvalue weighted by atomic mass is 9.99. The zero-order valence-corrected chi connectivity index (χ0v) is 20.0. The van der Waals surface area contributed by atoms with E-state index in [1.165, 1.54) is 41.3 Å². The number of aromatic nitrogens is 3. The van der Waals surface area contributed by atoms with E-state index < -0.39 is 35.6 Å². The number of imidazole rings is 1. The zero-order chi connectivity index (χ0) is 24.9. The zero-order valence-electron chi connectivity index (χ0n) is 18.4. The average molecular weight is 513 g/mol. The predicted octanol–water partition coefficient (Wildman–Crippen LogP) is 3.68. The van der Waals surface area contributed by atoms with Gasteiger partial charge in [-0.3, -0.25) is 14.4 Å². The second-order valence-electron chi connectivity index (χ2n) is 7.88. The molecule has 1 aliphatic rings. The molecule has 3 N–H and O–H groups in total. The molecule has 0 aliphatic carbocycles. The number of rotatable bonds is 4. The van der Waals surface area contributed by atoms with Crippen LogP contribution in [-0.4, -0.2) is 38.7 Å². The second kappa shape index (κ2) is 8.75. The number of anilines is 1. The highest BCUT2D eigenvalue weighted by atomic mass is 35.5. The molecule has 1 aliphatic heterocycles. The molecule has 12 heteroatoms. The van der Waals surface area contributed by atoms with Gasteiger partial charge in [0.15, 0.2) is 5.82 Å². The standard InChI is InChI=1S/C23H18ClFN6O3S/c1-10-21(32)27-16(13-9-11(25)7-8-14(13)24)18-19(28-20(31(10)18)23(34)26-2)29-22(33)17-12-5-3-4-6-15(12)35-30-17/h3-10,16H,1-2H3,(H,26,34)(H,27,32)(H,29,33). The molecular formula is C23H18ClFN6O3S. The minimum absolute atomic E-state index is 0.0304. The van der Waals surface area contributed by atoms with Crippen molar-refractivity contribution in [1.29, 1.82) is 0 Å². The highest BCUT2D eigenvalue weighted by Crippen LogP contribution is 2.39. The van der Waals surface area contributed by atoms with Gasteiger partial charge < -0.3 is 20.5 Å². The van der Waals surface area contributed by atoms with Gasteiger partial charge in [-0.25, -0.2) is 9.37 Å². The molecule has 3 amide bonds. The van der Waals surface area contributed by atoms with Gasteiger partial charge in [-0.15, -0.1) is 0 Å². The number of hydrogen-bond acceptors (Lipinski definition) is 6. The molecule has 0 fully saturated rings. The molecule has 0 saturated carbocycles. The molecule has 4 aromatic rings. The topological polar surface area (TPSA) is 118 Å². The van der Waals surface area contributed by atoms with E-state index >= 15 is 0 Å². The first kappa shape index (κ1) is 22.9. The molecule has 2 aromatic carbocycles. The second-order valence-corrected chi connectivity index (χ2v) is 9.10. The van der Waals surface area contributed by atoms with E-state index in [4.69, 9.17) is 11.6 Å². The van der Waals surface area contributed by atoms with Crippen LogP contribution >= 0.6 is 23.1 Å². The van der Waals surface area contributed by atoms with Crippen molar-refractivity contribution in [3.63, 3.8) is 0 Å². The molecule has 9 nitrogen and oxygen atoms in total. The summed E-state index contributed by atoms with van der Waals surface area (Å²) >= 11 is 7.54. The van der Waals surface area contributed by atoms with E-state index in [-0.39, 0.29) is 33.6 Å². The molecule has 5 rings (SSSR count). The fraction of sp³-hybridized carbons (Fsp3) is 0.174. The maximum atomic E-state index is 14.2. The van der Waals surface area contributed by atoms with Gasteiger partial charge in [0.25, 0.3) is 11.8 Å². The Labute approximate surface area is 207 Å². The Morgan fingerprint density at radius 2 is 1.97 bits per heavy atom. The molecule has 0 radical (unpaired) electrons. The van der Waals surface area contributed by atoms with Gasteiger partial charge in [0.05, 0.1) is 16.4 Å². The van der Waals surface area contributed by atoms with Crippen LogP contribution in [0.25, 0.3) is 10.1 Å². The van der Waals surface area contributed by atoms with Gasteiger partial charge in [0.1, 0.15) is 17.6 Å². The third-order valence-electron chi connectivity index (χ3n) is 5.80. The Kier molecular flexibility index (Phi) is 5.73. The highest BCUT2D eigenvalue weighted by molar-refractivity contribution is 7.13. The molecule has 2 aromatic heterocycles. The fourth-order valence-electron chi connectivity index (χ4n) is 4.10. The summed E-state index contributed by atoms with van der Waals surface area (Å²) in [5, 5.41) is 8.91. The van der Waals surface area contributed by atoms with Crippen molar-refractivity contribution in [2.24, 2.45) is 0 Å². The van der Waals surface area contributed by atoms with Crippen molar-refractivity contribution in [1.82, 2.24) is 24.6 Å². The first-order valence-electron chi connectivity index (χ1n) is 10.6. The van der Waals surface area contributed by atoms with E-state index in [2.05, 4.69) is 25.3 Å². The molecule has 35 heavy (non-hydrogen) atoms. The Morgan fingerprint density at radius 3 is 2.74 bits per heavy atom.